The molecular formula is C14H8ClIN2. The van der Waals surface area contributed by atoms with E-state index in [0.29, 0.717) is 10.6 Å². The van der Waals surface area contributed by atoms with Gasteiger partial charge >= 0.3 is 0 Å². The molecule has 1 aromatic heterocycles. The number of hydrogen-bond acceptors (Lipinski definition) is 2. The third-order valence-electron chi connectivity index (χ3n) is 2.38. The molecular weight excluding hydrogens is 359 g/mol. The first-order valence-electron chi connectivity index (χ1n) is 5.18. The van der Waals surface area contributed by atoms with E-state index >= 15 is 0 Å². The van der Waals surface area contributed by atoms with Gasteiger partial charge in [-0.3, -0.25) is 4.98 Å². The Balaban J connectivity index is 2.51. The van der Waals surface area contributed by atoms with E-state index in [1.165, 1.54) is 0 Å². The van der Waals surface area contributed by atoms with E-state index in [4.69, 9.17) is 11.6 Å². The van der Waals surface area contributed by atoms with Gasteiger partial charge in [0.05, 0.1) is 10.6 Å². The summed E-state index contributed by atoms with van der Waals surface area (Å²) in [4.78, 5) is 4.00. The summed E-state index contributed by atoms with van der Waals surface area (Å²) in [6, 6.07) is 13.5. The van der Waals surface area contributed by atoms with Crippen LogP contribution in [0.4, 0.5) is 0 Å². The predicted octanol–water partition coefficient (Wildman–Crippen LogP) is 4.32. The van der Waals surface area contributed by atoms with Crippen LogP contribution in [0, 0.1) is 14.9 Å². The summed E-state index contributed by atoms with van der Waals surface area (Å²) < 4.78 is 1.13. The van der Waals surface area contributed by atoms with E-state index in [9.17, 15) is 5.26 Å². The molecule has 0 atom stereocenters. The number of allylic oxidation sites excluding steroid dienone is 1. The van der Waals surface area contributed by atoms with E-state index in [2.05, 4.69) is 33.6 Å². The van der Waals surface area contributed by atoms with Gasteiger partial charge in [-0.1, -0.05) is 29.8 Å². The predicted molar refractivity (Wildman–Crippen MR) is 81.7 cm³/mol. The van der Waals surface area contributed by atoms with E-state index in [1.54, 1.807) is 18.5 Å². The maximum Gasteiger partial charge on any atom is 0.101 e. The molecule has 0 amide bonds. The summed E-state index contributed by atoms with van der Waals surface area (Å²) in [5.74, 6) is 0. The van der Waals surface area contributed by atoms with E-state index < -0.39 is 0 Å². The van der Waals surface area contributed by atoms with Crippen molar-refractivity contribution in [2.24, 2.45) is 0 Å². The fourth-order valence-electron chi connectivity index (χ4n) is 1.49. The standard InChI is InChI=1S/C14H8ClIN2/c15-14(10-3-5-12(16)6-4-10)13(8-17)11-2-1-7-18-9-11/h1-7,9H/b14-13-. The molecule has 18 heavy (non-hydrogen) atoms. The second-order valence-corrected chi connectivity index (χ2v) is 5.17. The fourth-order valence-corrected chi connectivity index (χ4v) is 2.13. The van der Waals surface area contributed by atoms with Crippen molar-refractivity contribution < 1.29 is 0 Å². The van der Waals surface area contributed by atoms with Crippen LogP contribution in [-0.4, -0.2) is 4.98 Å². The zero-order valence-corrected chi connectivity index (χ0v) is 12.2. The molecule has 1 aromatic carbocycles. The molecule has 0 bridgehead atoms. The highest BCUT2D eigenvalue weighted by Gasteiger charge is 2.09. The summed E-state index contributed by atoms with van der Waals surface area (Å²) in [6.45, 7) is 0. The molecule has 0 fully saturated rings. The maximum atomic E-state index is 9.24. The lowest BCUT2D eigenvalue weighted by Gasteiger charge is -2.04. The first-order chi connectivity index (χ1) is 8.72. The summed E-state index contributed by atoms with van der Waals surface area (Å²) >= 11 is 8.51. The van der Waals surface area contributed by atoms with Crippen LogP contribution < -0.4 is 0 Å². The Morgan fingerprint density at radius 3 is 2.44 bits per heavy atom. The van der Waals surface area contributed by atoms with Crippen LogP contribution in [0.5, 0.6) is 0 Å². The summed E-state index contributed by atoms with van der Waals surface area (Å²) in [6.07, 6.45) is 3.30. The summed E-state index contributed by atoms with van der Waals surface area (Å²) in [7, 11) is 0. The average Bonchev–Trinajstić information content (AvgIpc) is 2.41. The van der Waals surface area contributed by atoms with Crippen molar-refractivity contribution >= 4 is 44.8 Å². The number of benzene rings is 1. The highest BCUT2D eigenvalue weighted by Crippen LogP contribution is 2.29. The van der Waals surface area contributed by atoms with Crippen molar-refractivity contribution in [3.63, 3.8) is 0 Å². The second-order valence-electron chi connectivity index (χ2n) is 3.55. The molecule has 4 heteroatoms. The SMILES string of the molecule is N#C/C(=C(/Cl)c1ccc(I)cc1)c1cccnc1. The number of pyridine rings is 1. The molecule has 0 spiro atoms. The highest BCUT2D eigenvalue weighted by atomic mass is 127. The molecule has 0 saturated heterocycles. The van der Waals surface area contributed by atoms with Gasteiger partial charge in [-0.15, -0.1) is 0 Å². The van der Waals surface area contributed by atoms with Crippen LogP contribution in [0.15, 0.2) is 48.8 Å². The topological polar surface area (TPSA) is 36.7 Å². The van der Waals surface area contributed by atoms with Crippen molar-refractivity contribution in [3.05, 3.63) is 63.5 Å². The molecule has 2 aromatic rings. The van der Waals surface area contributed by atoms with Gasteiger partial charge in [0.15, 0.2) is 0 Å². The third-order valence-corrected chi connectivity index (χ3v) is 3.51. The van der Waals surface area contributed by atoms with E-state index in [0.717, 1.165) is 14.7 Å². The number of halogens is 2. The van der Waals surface area contributed by atoms with Crippen LogP contribution >= 0.6 is 34.2 Å². The van der Waals surface area contributed by atoms with Gasteiger partial charge in [-0.05, 0) is 46.4 Å². The van der Waals surface area contributed by atoms with Crippen molar-refractivity contribution in [3.8, 4) is 6.07 Å². The largest absolute Gasteiger partial charge is 0.264 e. The number of nitrogens with zero attached hydrogens (tertiary/aromatic N) is 2. The summed E-state index contributed by atoms with van der Waals surface area (Å²) in [5.41, 5.74) is 1.99. The minimum Gasteiger partial charge on any atom is -0.264 e. The van der Waals surface area contributed by atoms with Gasteiger partial charge in [-0.2, -0.15) is 5.26 Å². The third kappa shape index (κ3) is 2.89. The molecule has 0 aliphatic carbocycles. The van der Waals surface area contributed by atoms with Gasteiger partial charge in [-0.25, -0.2) is 0 Å². The Morgan fingerprint density at radius 2 is 1.89 bits per heavy atom. The second kappa shape index (κ2) is 5.98. The minimum atomic E-state index is 0.436. The zero-order chi connectivity index (χ0) is 13.0. The maximum absolute atomic E-state index is 9.24. The first kappa shape index (κ1) is 13.1. The molecule has 1 heterocycles. The summed E-state index contributed by atoms with van der Waals surface area (Å²) in [5, 5.41) is 9.69. The molecule has 0 saturated carbocycles. The quantitative estimate of drug-likeness (QED) is 0.586. The van der Waals surface area contributed by atoms with Crippen LogP contribution in [0.1, 0.15) is 11.1 Å². The molecule has 2 rings (SSSR count). The Bertz CT molecular complexity index is 612. The van der Waals surface area contributed by atoms with Crippen molar-refractivity contribution in [2.75, 3.05) is 0 Å². The lowest BCUT2D eigenvalue weighted by Crippen LogP contribution is -1.87. The molecule has 2 nitrogen and oxygen atoms in total. The minimum absolute atomic E-state index is 0.436. The smallest absolute Gasteiger partial charge is 0.101 e. The van der Waals surface area contributed by atoms with Gasteiger partial charge in [0, 0.05) is 21.5 Å². The number of aromatic nitrogens is 1. The van der Waals surface area contributed by atoms with Crippen LogP contribution in [-0.2, 0) is 0 Å². The first-order valence-corrected chi connectivity index (χ1v) is 6.64. The lowest BCUT2D eigenvalue weighted by atomic mass is 10.1. The number of hydrogen-bond donors (Lipinski definition) is 0. The average molecular weight is 367 g/mol. The van der Waals surface area contributed by atoms with E-state index in [1.807, 2.05) is 30.3 Å². The van der Waals surface area contributed by atoms with Gasteiger partial charge < -0.3 is 0 Å². The fraction of sp³-hybridized carbons (Fsp3) is 0. The Hall–Kier alpha value is -1.38. The molecule has 0 aliphatic heterocycles. The number of rotatable bonds is 2. The lowest BCUT2D eigenvalue weighted by molar-refractivity contribution is 1.31. The Morgan fingerprint density at radius 1 is 1.17 bits per heavy atom. The monoisotopic (exact) mass is 366 g/mol. The molecule has 0 aliphatic rings. The Labute approximate surface area is 124 Å². The van der Waals surface area contributed by atoms with Crippen LogP contribution in [0.25, 0.3) is 10.6 Å². The van der Waals surface area contributed by atoms with Gasteiger partial charge in [0.1, 0.15) is 6.07 Å². The van der Waals surface area contributed by atoms with Crippen molar-refractivity contribution in [1.29, 1.82) is 5.26 Å². The van der Waals surface area contributed by atoms with Gasteiger partial charge in [0.25, 0.3) is 0 Å². The molecule has 0 unspecified atom stereocenters. The van der Waals surface area contributed by atoms with E-state index in [-0.39, 0.29) is 0 Å². The molecule has 0 radical (unpaired) electrons. The molecule has 0 N–H and O–H groups in total. The highest BCUT2D eigenvalue weighted by molar-refractivity contribution is 14.1. The van der Waals surface area contributed by atoms with Gasteiger partial charge in [0.2, 0.25) is 0 Å². The van der Waals surface area contributed by atoms with Crippen LogP contribution in [0.2, 0.25) is 0 Å². The molecule has 88 valence electrons. The Kier molecular flexibility index (Phi) is 4.34. The normalized spacial score (nSPS) is 11.6. The van der Waals surface area contributed by atoms with Crippen molar-refractivity contribution in [1.82, 2.24) is 4.98 Å². The number of nitriles is 1. The zero-order valence-electron chi connectivity index (χ0n) is 9.27. The van der Waals surface area contributed by atoms with Crippen molar-refractivity contribution in [2.45, 2.75) is 0 Å². The van der Waals surface area contributed by atoms with Crippen LogP contribution in [0.3, 0.4) is 0 Å².